The van der Waals surface area contributed by atoms with Crippen LogP contribution in [0, 0.1) is 6.92 Å². The van der Waals surface area contributed by atoms with Crippen molar-refractivity contribution in [2.45, 2.75) is 26.7 Å². The van der Waals surface area contributed by atoms with Crippen molar-refractivity contribution in [2.75, 3.05) is 0 Å². The SMILES string of the molecule is C/C=C/c1ccc(C)c2c1CCC2=O. The molecular weight excluding hydrogens is 172 g/mol. The zero-order chi connectivity index (χ0) is 10.1. The minimum absolute atomic E-state index is 0.309. The Morgan fingerprint density at radius 2 is 2.07 bits per heavy atom. The first-order chi connectivity index (χ1) is 6.74. The van der Waals surface area contributed by atoms with Crippen LogP contribution in [0.3, 0.4) is 0 Å². The zero-order valence-corrected chi connectivity index (χ0v) is 8.63. The van der Waals surface area contributed by atoms with E-state index in [9.17, 15) is 4.79 Å². The first-order valence-corrected chi connectivity index (χ1v) is 5.02. The number of hydrogen-bond acceptors (Lipinski definition) is 1. The van der Waals surface area contributed by atoms with E-state index in [0.29, 0.717) is 12.2 Å². The van der Waals surface area contributed by atoms with Gasteiger partial charge in [-0.25, -0.2) is 0 Å². The van der Waals surface area contributed by atoms with Crippen LogP contribution in [0.2, 0.25) is 0 Å². The molecule has 1 aliphatic carbocycles. The summed E-state index contributed by atoms with van der Waals surface area (Å²) >= 11 is 0. The molecule has 1 aromatic carbocycles. The second-order valence-electron chi connectivity index (χ2n) is 3.75. The van der Waals surface area contributed by atoms with E-state index in [1.165, 1.54) is 11.1 Å². The zero-order valence-electron chi connectivity index (χ0n) is 8.63. The maximum Gasteiger partial charge on any atom is 0.163 e. The highest BCUT2D eigenvalue weighted by Gasteiger charge is 2.22. The lowest BCUT2D eigenvalue weighted by atomic mass is 9.98. The molecule has 0 saturated heterocycles. The van der Waals surface area contributed by atoms with Gasteiger partial charge in [-0.3, -0.25) is 4.79 Å². The summed E-state index contributed by atoms with van der Waals surface area (Å²) < 4.78 is 0. The Morgan fingerprint density at radius 1 is 1.29 bits per heavy atom. The standard InChI is InChI=1S/C13H14O/c1-3-4-10-6-5-9(2)13-11(10)7-8-12(13)14/h3-6H,7-8H2,1-2H3/b4-3+. The molecule has 1 aromatic rings. The van der Waals surface area contributed by atoms with E-state index in [1.807, 2.05) is 26.0 Å². The van der Waals surface area contributed by atoms with Gasteiger partial charge in [0.2, 0.25) is 0 Å². The summed E-state index contributed by atoms with van der Waals surface area (Å²) in [6, 6.07) is 4.14. The number of Topliss-reactive ketones (excluding diaryl/α,β-unsaturated/α-hetero) is 1. The predicted octanol–water partition coefficient (Wildman–Crippen LogP) is 3.16. The number of rotatable bonds is 1. The molecule has 0 radical (unpaired) electrons. The van der Waals surface area contributed by atoms with Crippen molar-refractivity contribution >= 4 is 11.9 Å². The van der Waals surface area contributed by atoms with Crippen molar-refractivity contribution in [3.63, 3.8) is 0 Å². The van der Waals surface area contributed by atoms with Crippen molar-refractivity contribution in [1.29, 1.82) is 0 Å². The maximum absolute atomic E-state index is 11.6. The first-order valence-electron chi connectivity index (χ1n) is 5.02. The van der Waals surface area contributed by atoms with Crippen LogP contribution in [-0.2, 0) is 6.42 Å². The molecule has 1 nitrogen and oxygen atoms in total. The van der Waals surface area contributed by atoms with Gasteiger partial charge in [0.25, 0.3) is 0 Å². The molecule has 0 unspecified atom stereocenters. The van der Waals surface area contributed by atoms with Gasteiger partial charge in [-0.15, -0.1) is 0 Å². The van der Waals surface area contributed by atoms with Crippen molar-refractivity contribution in [3.05, 3.63) is 40.5 Å². The molecule has 0 heterocycles. The molecule has 0 saturated carbocycles. The van der Waals surface area contributed by atoms with Crippen LogP contribution in [0.4, 0.5) is 0 Å². The lowest BCUT2D eigenvalue weighted by Crippen LogP contribution is -1.96. The number of allylic oxidation sites excluding steroid dienone is 1. The molecule has 0 N–H and O–H groups in total. The van der Waals surface area contributed by atoms with Gasteiger partial charge in [-0.2, -0.15) is 0 Å². The summed E-state index contributed by atoms with van der Waals surface area (Å²) in [5.74, 6) is 0.309. The Balaban J connectivity index is 2.64. The van der Waals surface area contributed by atoms with E-state index in [2.05, 4.69) is 12.1 Å². The molecule has 14 heavy (non-hydrogen) atoms. The van der Waals surface area contributed by atoms with Gasteiger partial charge in [-0.1, -0.05) is 24.3 Å². The summed E-state index contributed by atoms with van der Waals surface area (Å²) in [5, 5.41) is 0. The monoisotopic (exact) mass is 186 g/mol. The molecule has 1 heteroatoms. The molecule has 0 bridgehead atoms. The maximum atomic E-state index is 11.6. The lowest BCUT2D eigenvalue weighted by molar-refractivity contribution is 0.0994. The Bertz CT molecular complexity index is 413. The Labute approximate surface area is 84.5 Å². The fourth-order valence-corrected chi connectivity index (χ4v) is 2.14. The molecule has 0 amide bonds. The first kappa shape index (κ1) is 9.20. The highest BCUT2D eigenvalue weighted by molar-refractivity contribution is 6.02. The van der Waals surface area contributed by atoms with Crippen LogP contribution < -0.4 is 0 Å². The molecule has 1 aliphatic rings. The van der Waals surface area contributed by atoms with Gasteiger partial charge in [0.15, 0.2) is 5.78 Å². The third-order valence-electron chi connectivity index (χ3n) is 2.78. The molecule has 0 fully saturated rings. The normalized spacial score (nSPS) is 15.1. The smallest absolute Gasteiger partial charge is 0.163 e. The quantitative estimate of drug-likeness (QED) is 0.658. The van der Waals surface area contributed by atoms with Gasteiger partial charge < -0.3 is 0 Å². The molecule has 0 aromatic heterocycles. The number of aryl methyl sites for hydroxylation is 1. The average Bonchev–Trinajstić information content (AvgIpc) is 2.54. The van der Waals surface area contributed by atoms with E-state index in [1.54, 1.807) is 0 Å². The molecule has 2 rings (SSSR count). The third kappa shape index (κ3) is 1.29. The number of carbonyl (C=O) groups is 1. The van der Waals surface area contributed by atoms with Crippen LogP contribution in [-0.4, -0.2) is 5.78 Å². The molecule has 72 valence electrons. The molecule has 0 atom stereocenters. The number of carbonyl (C=O) groups excluding carboxylic acids is 1. The van der Waals surface area contributed by atoms with E-state index in [4.69, 9.17) is 0 Å². The van der Waals surface area contributed by atoms with Gasteiger partial charge in [0.05, 0.1) is 0 Å². The topological polar surface area (TPSA) is 17.1 Å². The van der Waals surface area contributed by atoms with Crippen molar-refractivity contribution < 1.29 is 4.79 Å². The van der Waals surface area contributed by atoms with Gasteiger partial charge >= 0.3 is 0 Å². The minimum atomic E-state index is 0.309. The number of ketones is 1. The highest BCUT2D eigenvalue weighted by Crippen LogP contribution is 2.28. The largest absolute Gasteiger partial charge is 0.294 e. The third-order valence-corrected chi connectivity index (χ3v) is 2.78. The van der Waals surface area contributed by atoms with Gasteiger partial charge in [0.1, 0.15) is 0 Å². The van der Waals surface area contributed by atoms with Crippen LogP contribution >= 0.6 is 0 Å². The van der Waals surface area contributed by atoms with Crippen LogP contribution in [0.15, 0.2) is 18.2 Å². The number of hydrogen-bond donors (Lipinski definition) is 0. The van der Waals surface area contributed by atoms with Crippen molar-refractivity contribution in [3.8, 4) is 0 Å². The lowest BCUT2D eigenvalue weighted by Gasteiger charge is -2.05. The summed E-state index contributed by atoms with van der Waals surface area (Å²) in [7, 11) is 0. The summed E-state index contributed by atoms with van der Waals surface area (Å²) in [6.45, 7) is 4.02. The summed E-state index contributed by atoms with van der Waals surface area (Å²) in [4.78, 5) is 11.6. The van der Waals surface area contributed by atoms with Crippen LogP contribution in [0.5, 0.6) is 0 Å². The Kier molecular flexibility index (Phi) is 2.24. The highest BCUT2D eigenvalue weighted by atomic mass is 16.1. The fourth-order valence-electron chi connectivity index (χ4n) is 2.14. The summed E-state index contributed by atoms with van der Waals surface area (Å²) in [6.07, 6.45) is 5.70. The summed E-state index contributed by atoms with van der Waals surface area (Å²) in [5.41, 5.74) is 4.54. The molecular formula is C13H14O. The number of benzene rings is 1. The second kappa shape index (κ2) is 3.41. The predicted molar refractivity (Wildman–Crippen MR) is 58.5 cm³/mol. The Morgan fingerprint density at radius 3 is 2.79 bits per heavy atom. The molecule has 0 aliphatic heterocycles. The van der Waals surface area contributed by atoms with Crippen LogP contribution in [0.25, 0.3) is 6.08 Å². The number of fused-ring (bicyclic) bond motifs is 1. The average molecular weight is 186 g/mol. The van der Waals surface area contributed by atoms with Crippen molar-refractivity contribution in [1.82, 2.24) is 0 Å². The van der Waals surface area contributed by atoms with E-state index in [-0.39, 0.29) is 0 Å². The van der Waals surface area contributed by atoms with Crippen LogP contribution in [0.1, 0.15) is 40.4 Å². The van der Waals surface area contributed by atoms with E-state index >= 15 is 0 Å². The van der Waals surface area contributed by atoms with Crippen molar-refractivity contribution in [2.24, 2.45) is 0 Å². The fraction of sp³-hybridized carbons (Fsp3) is 0.308. The van der Waals surface area contributed by atoms with E-state index < -0.39 is 0 Å². The van der Waals surface area contributed by atoms with E-state index in [0.717, 1.165) is 17.5 Å². The Hall–Kier alpha value is -1.37. The minimum Gasteiger partial charge on any atom is -0.294 e. The van der Waals surface area contributed by atoms with Gasteiger partial charge in [0, 0.05) is 12.0 Å². The van der Waals surface area contributed by atoms with Gasteiger partial charge in [-0.05, 0) is 37.0 Å². The molecule has 0 spiro atoms. The second-order valence-corrected chi connectivity index (χ2v) is 3.75.